The average molecular weight is 677 g/mol. The van der Waals surface area contributed by atoms with Crippen LogP contribution in [0.15, 0.2) is 194 Å². The molecule has 10 rings (SSSR count). The number of rotatable bonds is 6. The van der Waals surface area contributed by atoms with Crippen molar-refractivity contribution in [1.82, 2.24) is 19.5 Å². The zero-order chi connectivity index (χ0) is 35.1. The van der Waals surface area contributed by atoms with Gasteiger partial charge in [0.1, 0.15) is 0 Å². The monoisotopic (exact) mass is 676 g/mol. The minimum absolute atomic E-state index is 0.632. The van der Waals surface area contributed by atoms with Crippen LogP contribution in [0.5, 0.6) is 0 Å². The first kappa shape index (κ1) is 30.6. The van der Waals surface area contributed by atoms with Crippen LogP contribution >= 0.6 is 0 Å². The summed E-state index contributed by atoms with van der Waals surface area (Å²) in [6.07, 6.45) is 0. The molecule has 2 aromatic heterocycles. The molecule has 2 heterocycles. The largest absolute Gasteiger partial charge is 0.309 e. The Labute approximate surface area is 307 Å². The van der Waals surface area contributed by atoms with Gasteiger partial charge in [-0.05, 0) is 51.7 Å². The molecule has 0 amide bonds. The molecule has 0 unspecified atom stereocenters. The van der Waals surface area contributed by atoms with E-state index in [0.29, 0.717) is 17.5 Å². The fraction of sp³-hybridized carbons (Fsp3) is 0. The van der Waals surface area contributed by atoms with E-state index in [2.05, 4.69) is 193 Å². The maximum atomic E-state index is 5.07. The minimum Gasteiger partial charge on any atom is -0.309 e. The Hall–Kier alpha value is -7.17. The van der Waals surface area contributed by atoms with E-state index in [-0.39, 0.29) is 0 Å². The van der Waals surface area contributed by atoms with Gasteiger partial charge in [0.25, 0.3) is 0 Å². The molecule has 4 nitrogen and oxygen atoms in total. The lowest BCUT2D eigenvalue weighted by atomic mass is 10.0. The van der Waals surface area contributed by atoms with Crippen LogP contribution in [-0.2, 0) is 0 Å². The summed E-state index contributed by atoms with van der Waals surface area (Å²) >= 11 is 0. The van der Waals surface area contributed by atoms with Crippen LogP contribution in [0.3, 0.4) is 0 Å². The summed E-state index contributed by atoms with van der Waals surface area (Å²) in [5.74, 6) is 1.91. The zero-order valence-electron chi connectivity index (χ0n) is 28.8. The van der Waals surface area contributed by atoms with Gasteiger partial charge in [0, 0.05) is 33.0 Å². The van der Waals surface area contributed by atoms with Crippen LogP contribution in [-0.4, -0.2) is 19.5 Å². The number of benzene rings is 8. The molecule has 53 heavy (non-hydrogen) atoms. The first-order chi connectivity index (χ1) is 26.3. The Kier molecular flexibility index (Phi) is 7.43. The van der Waals surface area contributed by atoms with Crippen LogP contribution in [0.1, 0.15) is 0 Å². The molecule has 8 aromatic carbocycles. The lowest BCUT2D eigenvalue weighted by molar-refractivity contribution is 1.07. The van der Waals surface area contributed by atoms with Crippen LogP contribution in [0.25, 0.3) is 94.7 Å². The third kappa shape index (κ3) is 5.54. The van der Waals surface area contributed by atoms with Gasteiger partial charge < -0.3 is 4.57 Å². The standard InChI is InChI=1S/C49H32N4/c1-2-12-33(13-3-1)35-22-27-37(28-23-35)47-50-48(52-49(51-47)40-31-24-34-14-4-5-15-39(34)32-40)38-29-25-36(26-30-38)41-16-6-9-19-44(41)53-45-20-10-7-17-42(45)43-18-8-11-21-46(43)53/h1-32H. The quantitative estimate of drug-likeness (QED) is 0.176. The molecule has 0 fully saturated rings. The Morgan fingerprint density at radius 3 is 1.42 bits per heavy atom. The summed E-state index contributed by atoms with van der Waals surface area (Å²) in [7, 11) is 0. The molecule has 0 aliphatic carbocycles. The van der Waals surface area contributed by atoms with Gasteiger partial charge in [0.05, 0.1) is 16.7 Å². The van der Waals surface area contributed by atoms with Gasteiger partial charge in [-0.2, -0.15) is 0 Å². The number of hydrogen-bond acceptors (Lipinski definition) is 3. The van der Waals surface area contributed by atoms with Gasteiger partial charge in [0.15, 0.2) is 17.5 Å². The van der Waals surface area contributed by atoms with E-state index in [9.17, 15) is 0 Å². The van der Waals surface area contributed by atoms with Crippen molar-refractivity contribution < 1.29 is 0 Å². The minimum atomic E-state index is 0.632. The molecule has 0 radical (unpaired) electrons. The summed E-state index contributed by atoms with van der Waals surface area (Å²) < 4.78 is 2.38. The maximum absolute atomic E-state index is 5.07. The first-order valence-corrected chi connectivity index (χ1v) is 17.9. The van der Waals surface area contributed by atoms with E-state index < -0.39 is 0 Å². The van der Waals surface area contributed by atoms with Crippen LogP contribution in [0.4, 0.5) is 0 Å². The van der Waals surface area contributed by atoms with Crippen molar-refractivity contribution in [3.05, 3.63) is 194 Å². The number of aromatic nitrogens is 4. The highest BCUT2D eigenvalue weighted by Gasteiger charge is 2.17. The molecule has 0 saturated heterocycles. The van der Waals surface area contributed by atoms with E-state index in [1.165, 1.54) is 32.8 Å². The Morgan fingerprint density at radius 2 is 0.755 bits per heavy atom. The first-order valence-electron chi connectivity index (χ1n) is 17.9. The van der Waals surface area contributed by atoms with Gasteiger partial charge in [-0.25, -0.2) is 15.0 Å². The summed E-state index contributed by atoms with van der Waals surface area (Å²) in [5, 5.41) is 4.82. The second-order valence-electron chi connectivity index (χ2n) is 13.3. The third-order valence-corrected chi connectivity index (χ3v) is 10.1. The summed E-state index contributed by atoms with van der Waals surface area (Å²) in [5.41, 5.74) is 10.9. The second-order valence-corrected chi connectivity index (χ2v) is 13.3. The van der Waals surface area contributed by atoms with Gasteiger partial charge >= 0.3 is 0 Å². The van der Waals surface area contributed by atoms with Crippen LogP contribution < -0.4 is 0 Å². The topological polar surface area (TPSA) is 43.6 Å². The lowest BCUT2D eigenvalue weighted by Crippen LogP contribution is -2.00. The summed E-state index contributed by atoms with van der Waals surface area (Å²) in [6, 6.07) is 68.1. The van der Waals surface area contributed by atoms with Crippen molar-refractivity contribution in [2.24, 2.45) is 0 Å². The zero-order valence-corrected chi connectivity index (χ0v) is 28.8. The molecule has 248 valence electrons. The average Bonchev–Trinajstić information content (AvgIpc) is 3.58. The molecule has 0 spiro atoms. The van der Waals surface area contributed by atoms with E-state index in [1.807, 2.05) is 6.07 Å². The molecule has 0 bridgehead atoms. The smallest absolute Gasteiger partial charge is 0.164 e. The van der Waals surface area contributed by atoms with Gasteiger partial charge in [-0.15, -0.1) is 0 Å². The van der Waals surface area contributed by atoms with Gasteiger partial charge in [0.2, 0.25) is 0 Å². The highest BCUT2D eigenvalue weighted by Crippen LogP contribution is 2.37. The highest BCUT2D eigenvalue weighted by molar-refractivity contribution is 6.09. The SMILES string of the molecule is c1ccc(-c2ccc(-c3nc(-c4ccc(-c5ccccc5-n5c6ccccc6c6ccccc65)cc4)nc(-c4ccc5ccccc5c4)n3)cc2)cc1. The van der Waals surface area contributed by atoms with Crippen molar-refractivity contribution in [3.8, 4) is 62.1 Å². The summed E-state index contributed by atoms with van der Waals surface area (Å²) in [6.45, 7) is 0. The van der Waals surface area contributed by atoms with E-state index in [1.54, 1.807) is 0 Å². The number of para-hydroxylation sites is 3. The molecule has 0 N–H and O–H groups in total. The molecule has 10 aromatic rings. The molecule has 0 aliphatic rings. The van der Waals surface area contributed by atoms with Gasteiger partial charge in [-0.1, -0.05) is 170 Å². The lowest BCUT2D eigenvalue weighted by Gasteiger charge is -2.14. The number of nitrogens with zero attached hydrogens (tertiary/aromatic N) is 4. The Morgan fingerprint density at radius 1 is 0.302 bits per heavy atom. The molecule has 4 heteroatoms. The van der Waals surface area contributed by atoms with E-state index >= 15 is 0 Å². The van der Waals surface area contributed by atoms with Crippen LogP contribution in [0, 0.1) is 0 Å². The maximum Gasteiger partial charge on any atom is 0.164 e. The molecule has 0 saturated carbocycles. The van der Waals surface area contributed by atoms with E-state index in [0.717, 1.165) is 44.5 Å². The van der Waals surface area contributed by atoms with Crippen molar-refractivity contribution in [2.75, 3.05) is 0 Å². The number of fused-ring (bicyclic) bond motifs is 4. The molecule has 0 atom stereocenters. The fourth-order valence-corrected chi connectivity index (χ4v) is 7.43. The normalized spacial score (nSPS) is 11.4. The summed E-state index contributed by atoms with van der Waals surface area (Å²) in [4.78, 5) is 15.2. The molecular weight excluding hydrogens is 645 g/mol. The van der Waals surface area contributed by atoms with Crippen LogP contribution in [0.2, 0.25) is 0 Å². The third-order valence-electron chi connectivity index (χ3n) is 10.1. The van der Waals surface area contributed by atoms with E-state index in [4.69, 9.17) is 15.0 Å². The van der Waals surface area contributed by atoms with Crippen molar-refractivity contribution in [3.63, 3.8) is 0 Å². The van der Waals surface area contributed by atoms with Crippen molar-refractivity contribution in [1.29, 1.82) is 0 Å². The van der Waals surface area contributed by atoms with Gasteiger partial charge in [-0.3, -0.25) is 0 Å². The highest BCUT2D eigenvalue weighted by atomic mass is 15.0. The number of hydrogen-bond donors (Lipinski definition) is 0. The Balaban J connectivity index is 1.07. The van der Waals surface area contributed by atoms with Crippen molar-refractivity contribution >= 4 is 32.6 Å². The predicted molar refractivity (Wildman–Crippen MR) is 219 cm³/mol. The Bertz CT molecular complexity index is 2870. The molecule has 0 aliphatic heterocycles. The van der Waals surface area contributed by atoms with Crippen molar-refractivity contribution in [2.45, 2.75) is 0 Å². The molecular formula is C49H32N4. The second kappa shape index (κ2) is 12.9. The fourth-order valence-electron chi connectivity index (χ4n) is 7.43. The predicted octanol–water partition coefficient (Wildman–Crippen LogP) is 12.5.